The summed E-state index contributed by atoms with van der Waals surface area (Å²) in [6.45, 7) is 15.9. The Morgan fingerprint density at radius 3 is 1.62 bits per heavy atom. The highest BCUT2D eigenvalue weighted by Gasteiger charge is 2.34. The number of nitrogens with zero attached hydrogens (tertiary/aromatic N) is 4. The summed E-state index contributed by atoms with van der Waals surface area (Å²) in [7, 11) is 0. The van der Waals surface area contributed by atoms with Crippen molar-refractivity contribution >= 4 is 34.4 Å². The van der Waals surface area contributed by atoms with E-state index in [0.29, 0.717) is 5.92 Å². The average Bonchev–Trinajstić information content (AvgIpc) is 3.31. The van der Waals surface area contributed by atoms with E-state index >= 15 is 0 Å². The first-order valence-corrected chi connectivity index (χ1v) is 19.0. The molecular formula is C49H50N4. The van der Waals surface area contributed by atoms with Crippen LogP contribution in [-0.2, 0) is 0 Å². The third-order valence-corrected chi connectivity index (χ3v) is 10.3. The number of amidine groups is 2. The molecule has 0 radical (unpaired) electrons. The van der Waals surface area contributed by atoms with Crippen LogP contribution in [0.4, 0.5) is 22.7 Å². The smallest absolute Gasteiger partial charge is 0.160 e. The Morgan fingerprint density at radius 2 is 1.02 bits per heavy atom. The van der Waals surface area contributed by atoms with Gasteiger partial charge in [-0.15, -0.1) is 0 Å². The molecule has 0 spiro atoms. The summed E-state index contributed by atoms with van der Waals surface area (Å²) >= 11 is 0. The molecule has 4 heteroatoms. The highest BCUT2D eigenvalue weighted by molar-refractivity contribution is 6.22. The van der Waals surface area contributed by atoms with E-state index in [9.17, 15) is 0 Å². The van der Waals surface area contributed by atoms with Gasteiger partial charge in [-0.2, -0.15) is 0 Å². The fraction of sp³-hybridized carbons (Fsp3) is 0.224. The zero-order chi connectivity index (χ0) is 37.1. The van der Waals surface area contributed by atoms with Gasteiger partial charge in [0.05, 0.1) is 22.7 Å². The van der Waals surface area contributed by atoms with Gasteiger partial charge in [0.15, 0.2) is 11.7 Å². The minimum atomic E-state index is 0.137. The molecule has 266 valence electrons. The molecule has 7 rings (SSSR count). The van der Waals surface area contributed by atoms with E-state index in [1.807, 2.05) is 0 Å². The van der Waals surface area contributed by atoms with Crippen molar-refractivity contribution in [3.63, 3.8) is 0 Å². The van der Waals surface area contributed by atoms with Crippen molar-refractivity contribution in [3.05, 3.63) is 191 Å². The third kappa shape index (κ3) is 7.06. The molecular weight excluding hydrogens is 645 g/mol. The van der Waals surface area contributed by atoms with Crippen LogP contribution in [0.3, 0.4) is 0 Å². The van der Waals surface area contributed by atoms with Crippen LogP contribution in [0.25, 0.3) is 0 Å². The molecule has 0 amide bonds. The molecule has 1 atom stereocenters. The fourth-order valence-electron chi connectivity index (χ4n) is 7.47. The van der Waals surface area contributed by atoms with E-state index in [1.165, 1.54) is 27.8 Å². The molecule has 0 aliphatic carbocycles. The van der Waals surface area contributed by atoms with Crippen molar-refractivity contribution in [2.45, 2.75) is 72.1 Å². The first-order chi connectivity index (χ1) is 25.7. The monoisotopic (exact) mass is 694 g/mol. The van der Waals surface area contributed by atoms with E-state index in [0.717, 1.165) is 45.5 Å². The molecule has 0 N–H and O–H groups in total. The molecule has 4 nitrogen and oxygen atoms in total. The predicted octanol–water partition coefficient (Wildman–Crippen LogP) is 13.3. The fourth-order valence-corrected chi connectivity index (χ4v) is 7.47. The van der Waals surface area contributed by atoms with Crippen LogP contribution in [0, 0.1) is 0 Å². The van der Waals surface area contributed by atoms with Gasteiger partial charge in [0.1, 0.15) is 0 Å². The van der Waals surface area contributed by atoms with Gasteiger partial charge in [0, 0.05) is 17.0 Å². The normalized spacial score (nSPS) is 14.1. The van der Waals surface area contributed by atoms with Gasteiger partial charge in [0.2, 0.25) is 0 Å². The Balaban J connectivity index is 1.63. The van der Waals surface area contributed by atoms with Crippen molar-refractivity contribution in [1.29, 1.82) is 0 Å². The van der Waals surface area contributed by atoms with Crippen LogP contribution in [0.15, 0.2) is 162 Å². The van der Waals surface area contributed by atoms with Crippen LogP contribution in [-0.4, -0.2) is 11.7 Å². The molecule has 6 aromatic rings. The Morgan fingerprint density at radius 1 is 0.528 bits per heavy atom. The molecule has 6 aromatic carbocycles. The van der Waals surface area contributed by atoms with Gasteiger partial charge in [0.25, 0.3) is 0 Å². The van der Waals surface area contributed by atoms with E-state index in [-0.39, 0.29) is 17.8 Å². The quantitative estimate of drug-likeness (QED) is 0.0946. The maximum atomic E-state index is 5.82. The lowest BCUT2D eigenvalue weighted by Crippen LogP contribution is -2.51. The van der Waals surface area contributed by atoms with E-state index < -0.39 is 0 Å². The molecule has 0 fully saturated rings. The number of fused-ring (bicyclic) bond motifs is 2. The number of aliphatic imine (C=N–C) groups is 2. The number of rotatable bonds is 7. The highest BCUT2D eigenvalue weighted by atomic mass is 15.7. The van der Waals surface area contributed by atoms with Crippen molar-refractivity contribution in [2.24, 2.45) is 9.98 Å². The third-order valence-electron chi connectivity index (χ3n) is 10.3. The zero-order valence-electron chi connectivity index (χ0n) is 32.0. The summed E-state index contributed by atoms with van der Waals surface area (Å²) in [6.07, 6.45) is 0. The number of hydrogen-bond acceptors (Lipinski definition) is 3. The number of benzene rings is 6. The summed E-state index contributed by atoms with van der Waals surface area (Å²) in [5, 5.41) is 4.58. The Kier molecular flexibility index (Phi) is 10.4. The second kappa shape index (κ2) is 15.5. The lowest BCUT2D eigenvalue weighted by Gasteiger charge is -2.39. The summed E-state index contributed by atoms with van der Waals surface area (Å²) < 4.78 is 0. The van der Waals surface area contributed by atoms with Gasteiger partial charge >= 0.3 is 0 Å². The topological polar surface area (TPSA) is 31.2 Å². The van der Waals surface area contributed by atoms with Gasteiger partial charge in [-0.3, -0.25) is 0 Å². The van der Waals surface area contributed by atoms with Gasteiger partial charge in [-0.05, 0) is 69.8 Å². The largest absolute Gasteiger partial charge is 0.229 e. The van der Waals surface area contributed by atoms with Gasteiger partial charge in [-0.25, -0.2) is 20.0 Å². The second-order valence-electron chi connectivity index (χ2n) is 14.9. The van der Waals surface area contributed by atoms with Crippen molar-refractivity contribution < 1.29 is 0 Å². The van der Waals surface area contributed by atoms with Crippen molar-refractivity contribution in [3.8, 4) is 0 Å². The molecule has 0 saturated heterocycles. The SMILES string of the molecule is CC(C)c1cccc(C(C)C)c1N=C(c1ccccc1)N(c1ccccc1)N(C1=Nc2c(C(C)C)cccc2C(C)c2ccccc21)c1ccccc1. The van der Waals surface area contributed by atoms with Crippen LogP contribution in [0.2, 0.25) is 0 Å². The molecule has 1 aliphatic heterocycles. The van der Waals surface area contributed by atoms with E-state index in [2.05, 4.69) is 210 Å². The molecule has 53 heavy (non-hydrogen) atoms. The Bertz CT molecular complexity index is 2210. The first kappa shape index (κ1) is 35.7. The standard InChI is InChI=1S/C49H50N4/c1-33(2)40-29-19-30-41(34(3)4)46(40)50-48(37-21-11-8-12-22-37)52(38-23-13-9-14-24-38)53(39-25-15-10-16-26-39)49-45-28-18-17-27-43(45)36(7)44-32-20-31-42(35(5)6)47(44)51-49/h8-36H,1-7H3. The first-order valence-electron chi connectivity index (χ1n) is 19.0. The van der Waals surface area contributed by atoms with Crippen LogP contribution in [0.5, 0.6) is 0 Å². The maximum Gasteiger partial charge on any atom is 0.160 e. The number of para-hydroxylation sites is 4. The Hall–Kier alpha value is -5.74. The molecule has 0 aromatic heterocycles. The van der Waals surface area contributed by atoms with Crippen molar-refractivity contribution in [1.82, 2.24) is 0 Å². The minimum Gasteiger partial charge on any atom is -0.229 e. The minimum absolute atomic E-state index is 0.137. The molecule has 1 heterocycles. The lowest BCUT2D eigenvalue weighted by atomic mass is 9.87. The summed E-state index contributed by atoms with van der Waals surface area (Å²) in [4.78, 5) is 11.6. The summed E-state index contributed by atoms with van der Waals surface area (Å²) in [5.74, 6) is 2.65. The summed E-state index contributed by atoms with van der Waals surface area (Å²) in [6, 6.07) is 54.0. The molecule has 0 saturated carbocycles. The molecule has 1 aliphatic rings. The van der Waals surface area contributed by atoms with E-state index in [4.69, 9.17) is 9.98 Å². The van der Waals surface area contributed by atoms with E-state index in [1.54, 1.807) is 0 Å². The number of hydrogen-bond donors (Lipinski definition) is 0. The second-order valence-corrected chi connectivity index (χ2v) is 14.9. The van der Waals surface area contributed by atoms with Crippen LogP contribution < -0.4 is 10.0 Å². The summed E-state index contributed by atoms with van der Waals surface area (Å²) in [5.41, 5.74) is 12.3. The molecule has 0 bridgehead atoms. The number of hydrazine groups is 1. The number of anilines is 2. The lowest BCUT2D eigenvalue weighted by molar-refractivity contribution is 0.834. The van der Waals surface area contributed by atoms with Crippen LogP contribution in [0.1, 0.15) is 111 Å². The average molecular weight is 695 g/mol. The predicted molar refractivity (Wildman–Crippen MR) is 226 cm³/mol. The maximum absolute atomic E-state index is 5.82. The van der Waals surface area contributed by atoms with Gasteiger partial charge in [-0.1, -0.05) is 176 Å². The Labute approximate surface area is 316 Å². The highest BCUT2D eigenvalue weighted by Crippen LogP contribution is 2.43. The molecule has 1 unspecified atom stereocenters. The van der Waals surface area contributed by atoms with Crippen molar-refractivity contribution in [2.75, 3.05) is 10.0 Å². The zero-order valence-corrected chi connectivity index (χ0v) is 32.0. The van der Waals surface area contributed by atoms with Gasteiger partial charge < -0.3 is 0 Å². The van der Waals surface area contributed by atoms with Crippen LogP contribution >= 0.6 is 0 Å².